The van der Waals surface area contributed by atoms with Crippen molar-refractivity contribution in [2.75, 3.05) is 11.9 Å². The van der Waals surface area contributed by atoms with E-state index in [1.807, 2.05) is 6.07 Å². The molecular formula is C20H16N6O2S. The van der Waals surface area contributed by atoms with Crippen molar-refractivity contribution in [3.8, 4) is 6.07 Å². The number of amides is 2. The van der Waals surface area contributed by atoms with Gasteiger partial charge in [0.05, 0.1) is 12.1 Å². The summed E-state index contributed by atoms with van der Waals surface area (Å²) in [5.41, 5.74) is 2.18. The molecule has 0 radical (unpaired) electrons. The molecule has 1 N–H and O–H groups in total. The quantitative estimate of drug-likeness (QED) is 0.676. The Morgan fingerprint density at radius 3 is 2.93 bits per heavy atom. The molecule has 0 unspecified atom stereocenters. The standard InChI is InChI=1S/C20H16N6O2S/c21-10-16-15-5-8-25(20(28)26-9-7-23-13-26)12-17(15)29-19(16)24-18(27)4-3-14-2-1-6-22-11-14/h1-4,6-7,9,11,13H,5,8,12H2,(H,24,27). The third-order valence-electron chi connectivity index (χ3n) is 4.51. The van der Waals surface area contributed by atoms with E-state index in [0.717, 1.165) is 16.0 Å². The maximum atomic E-state index is 12.5. The highest BCUT2D eigenvalue weighted by molar-refractivity contribution is 7.16. The largest absolute Gasteiger partial charge is 0.329 e. The Labute approximate surface area is 170 Å². The van der Waals surface area contributed by atoms with Gasteiger partial charge in [-0.1, -0.05) is 6.07 Å². The van der Waals surface area contributed by atoms with Crippen molar-refractivity contribution in [3.05, 3.63) is 70.9 Å². The summed E-state index contributed by atoms with van der Waals surface area (Å²) >= 11 is 1.34. The molecule has 0 saturated heterocycles. The summed E-state index contributed by atoms with van der Waals surface area (Å²) in [7, 11) is 0. The predicted octanol–water partition coefficient (Wildman–Crippen LogP) is 2.89. The molecule has 29 heavy (non-hydrogen) atoms. The number of imidazole rings is 1. The number of nitrogens with one attached hydrogen (secondary N) is 1. The molecule has 8 nitrogen and oxygen atoms in total. The molecule has 9 heteroatoms. The summed E-state index contributed by atoms with van der Waals surface area (Å²) in [6, 6.07) is 5.66. The molecule has 0 saturated carbocycles. The summed E-state index contributed by atoms with van der Waals surface area (Å²) in [6.07, 6.45) is 11.6. The van der Waals surface area contributed by atoms with E-state index in [1.54, 1.807) is 41.8 Å². The van der Waals surface area contributed by atoms with Crippen LogP contribution in [0.15, 0.2) is 49.3 Å². The Hall–Kier alpha value is -3.77. The average molecular weight is 404 g/mol. The lowest BCUT2D eigenvalue weighted by molar-refractivity contribution is -0.111. The Kier molecular flexibility index (Phi) is 5.18. The summed E-state index contributed by atoms with van der Waals surface area (Å²) in [5.74, 6) is -0.324. The molecule has 0 aliphatic carbocycles. The van der Waals surface area contributed by atoms with Crippen molar-refractivity contribution in [3.63, 3.8) is 0 Å². The van der Waals surface area contributed by atoms with Crippen LogP contribution in [0.25, 0.3) is 6.08 Å². The Morgan fingerprint density at radius 1 is 1.31 bits per heavy atom. The number of hydrogen-bond donors (Lipinski definition) is 1. The van der Waals surface area contributed by atoms with Crippen molar-refractivity contribution in [1.82, 2.24) is 19.4 Å². The van der Waals surface area contributed by atoms with Crippen LogP contribution >= 0.6 is 11.3 Å². The van der Waals surface area contributed by atoms with Crippen LogP contribution in [0.5, 0.6) is 0 Å². The van der Waals surface area contributed by atoms with Crippen LogP contribution < -0.4 is 5.32 Å². The number of carbonyl (C=O) groups is 2. The average Bonchev–Trinajstić information content (AvgIpc) is 3.39. The van der Waals surface area contributed by atoms with E-state index in [2.05, 4.69) is 21.4 Å². The van der Waals surface area contributed by atoms with Gasteiger partial charge in [-0.3, -0.25) is 14.3 Å². The van der Waals surface area contributed by atoms with E-state index in [0.29, 0.717) is 30.1 Å². The number of aromatic nitrogens is 3. The molecule has 2 amide bonds. The smallest absolute Gasteiger partial charge is 0.319 e. The first-order valence-corrected chi connectivity index (χ1v) is 9.68. The van der Waals surface area contributed by atoms with Crippen LogP contribution in [-0.2, 0) is 17.8 Å². The molecule has 0 bridgehead atoms. The fourth-order valence-electron chi connectivity index (χ4n) is 3.11. The Morgan fingerprint density at radius 2 is 2.21 bits per heavy atom. The number of nitrogens with zero attached hydrogens (tertiary/aromatic N) is 5. The first kappa shape index (κ1) is 18.6. The molecular weight excluding hydrogens is 388 g/mol. The highest BCUT2D eigenvalue weighted by atomic mass is 32.1. The Bertz CT molecular complexity index is 1110. The van der Waals surface area contributed by atoms with Crippen molar-refractivity contribution < 1.29 is 9.59 Å². The van der Waals surface area contributed by atoms with Crippen molar-refractivity contribution >= 4 is 34.4 Å². The summed E-state index contributed by atoms with van der Waals surface area (Å²) in [4.78, 5) is 35.3. The zero-order valence-corrected chi connectivity index (χ0v) is 16.1. The van der Waals surface area contributed by atoms with Crippen LogP contribution in [0, 0.1) is 11.3 Å². The van der Waals surface area contributed by atoms with Gasteiger partial charge in [0.2, 0.25) is 5.91 Å². The molecule has 144 valence electrons. The predicted molar refractivity (Wildman–Crippen MR) is 108 cm³/mol. The highest BCUT2D eigenvalue weighted by Crippen LogP contribution is 2.36. The number of fused-ring (bicyclic) bond motifs is 1. The summed E-state index contributed by atoms with van der Waals surface area (Å²) in [6.45, 7) is 0.900. The van der Waals surface area contributed by atoms with Gasteiger partial charge in [0.15, 0.2) is 0 Å². The van der Waals surface area contributed by atoms with Gasteiger partial charge in [-0.05, 0) is 29.7 Å². The Balaban J connectivity index is 1.50. The van der Waals surface area contributed by atoms with E-state index in [1.165, 1.54) is 28.3 Å². The van der Waals surface area contributed by atoms with E-state index < -0.39 is 0 Å². The zero-order chi connectivity index (χ0) is 20.2. The van der Waals surface area contributed by atoms with Gasteiger partial charge in [-0.25, -0.2) is 9.78 Å². The zero-order valence-electron chi connectivity index (χ0n) is 15.3. The fourth-order valence-corrected chi connectivity index (χ4v) is 4.33. The monoisotopic (exact) mass is 404 g/mol. The number of hydrogen-bond acceptors (Lipinski definition) is 6. The molecule has 0 aromatic carbocycles. The second-order valence-electron chi connectivity index (χ2n) is 6.35. The SMILES string of the molecule is N#Cc1c(NC(=O)C=Cc2cccnc2)sc2c1CCN(C(=O)n1ccnc1)C2. The van der Waals surface area contributed by atoms with Crippen LogP contribution in [-0.4, -0.2) is 37.9 Å². The van der Waals surface area contributed by atoms with Gasteiger partial charge in [0.1, 0.15) is 17.4 Å². The van der Waals surface area contributed by atoms with Crippen molar-refractivity contribution in [2.45, 2.75) is 13.0 Å². The van der Waals surface area contributed by atoms with E-state index >= 15 is 0 Å². The fraction of sp³-hybridized carbons (Fsp3) is 0.150. The second kappa shape index (κ2) is 8.08. The molecule has 0 fully saturated rings. The molecule has 3 aromatic rings. The van der Waals surface area contributed by atoms with E-state index in [9.17, 15) is 14.9 Å². The van der Waals surface area contributed by atoms with Crippen LogP contribution in [0.4, 0.5) is 9.80 Å². The molecule has 4 rings (SSSR count). The van der Waals surface area contributed by atoms with Gasteiger partial charge in [0.25, 0.3) is 0 Å². The molecule has 1 aliphatic rings. The first-order chi connectivity index (χ1) is 14.2. The van der Waals surface area contributed by atoms with Crippen LogP contribution in [0.1, 0.15) is 21.6 Å². The third-order valence-corrected chi connectivity index (χ3v) is 5.64. The first-order valence-electron chi connectivity index (χ1n) is 8.86. The normalized spacial score (nSPS) is 13.1. The number of nitriles is 1. The summed E-state index contributed by atoms with van der Waals surface area (Å²) < 4.78 is 1.43. The number of thiophene rings is 1. The maximum Gasteiger partial charge on any atom is 0.329 e. The topological polar surface area (TPSA) is 104 Å². The second-order valence-corrected chi connectivity index (χ2v) is 7.46. The van der Waals surface area contributed by atoms with Gasteiger partial charge in [0, 0.05) is 42.3 Å². The highest BCUT2D eigenvalue weighted by Gasteiger charge is 2.27. The number of rotatable bonds is 3. The van der Waals surface area contributed by atoms with Gasteiger partial charge >= 0.3 is 6.03 Å². The third kappa shape index (κ3) is 3.93. The van der Waals surface area contributed by atoms with Crippen LogP contribution in [0.3, 0.4) is 0 Å². The maximum absolute atomic E-state index is 12.5. The van der Waals surface area contributed by atoms with Gasteiger partial charge in [-0.2, -0.15) is 5.26 Å². The van der Waals surface area contributed by atoms with Gasteiger partial charge in [-0.15, -0.1) is 11.3 Å². The molecule has 0 spiro atoms. The minimum atomic E-state index is -0.324. The van der Waals surface area contributed by atoms with Crippen molar-refractivity contribution in [2.24, 2.45) is 0 Å². The molecule has 3 aromatic heterocycles. The lowest BCUT2D eigenvalue weighted by Crippen LogP contribution is -2.37. The number of carbonyl (C=O) groups excluding carboxylic acids is 2. The summed E-state index contributed by atoms with van der Waals surface area (Å²) in [5, 5.41) is 12.9. The minimum absolute atomic E-state index is 0.162. The van der Waals surface area contributed by atoms with Gasteiger partial charge < -0.3 is 10.2 Å². The lowest BCUT2D eigenvalue weighted by Gasteiger charge is -2.26. The van der Waals surface area contributed by atoms with E-state index in [4.69, 9.17) is 0 Å². The number of anilines is 1. The lowest BCUT2D eigenvalue weighted by atomic mass is 10.0. The molecule has 4 heterocycles. The number of pyridine rings is 1. The molecule has 1 aliphatic heterocycles. The van der Waals surface area contributed by atoms with E-state index in [-0.39, 0.29) is 11.9 Å². The van der Waals surface area contributed by atoms with Crippen LogP contribution in [0.2, 0.25) is 0 Å². The minimum Gasteiger partial charge on any atom is -0.319 e. The molecule has 0 atom stereocenters. The van der Waals surface area contributed by atoms with Crippen molar-refractivity contribution in [1.29, 1.82) is 5.26 Å².